The van der Waals surface area contributed by atoms with Gasteiger partial charge in [-0.3, -0.25) is 4.21 Å². The summed E-state index contributed by atoms with van der Waals surface area (Å²) in [5, 5.41) is -0.0350. The van der Waals surface area contributed by atoms with Gasteiger partial charge >= 0.3 is 0 Å². The van der Waals surface area contributed by atoms with Gasteiger partial charge in [-0.1, -0.05) is 6.92 Å². The molecule has 0 fully saturated rings. The van der Waals surface area contributed by atoms with Crippen molar-refractivity contribution in [1.29, 1.82) is 0 Å². The molecular formula is C13H15ClF2N2OS. The molecule has 2 rings (SSSR count). The molecule has 0 aliphatic heterocycles. The van der Waals surface area contributed by atoms with E-state index in [1.54, 1.807) is 10.8 Å². The van der Waals surface area contributed by atoms with E-state index >= 15 is 0 Å². The molecule has 0 saturated heterocycles. The van der Waals surface area contributed by atoms with E-state index in [1.165, 1.54) is 6.07 Å². The van der Waals surface area contributed by atoms with Crippen molar-refractivity contribution in [3.05, 3.63) is 29.6 Å². The van der Waals surface area contributed by atoms with Crippen LogP contribution in [0.1, 0.15) is 19.2 Å². The highest BCUT2D eigenvalue weighted by atomic mass is 35.5. The second kappa shape index (κ2) is 6.18. The normalized spacial score (nSPS) is 14.7. The van der Waals surface area contributed by atoms with Gasteiger partial charge in [0.15, 0.2) is 11.6 Å². The van der Waals surface area contributed by atoms with Gasteiger partial charge in [0.05, 0.1) is 11.4 Å². The van der Waals surface area contributed by atoms with Gasteiger partial charge in [-0.2, -0.15) is 0 Å². The molecular weight excluding hydrogens is 306 g/mol. The molecule has 2 unspecified atom stereocenters. The third kappa shape index (κ3) is 2.86. The zero-order chi connectivity index (χ0) is 14.9. The number of hydrogen-bond donors (Lipinski definition) is 0. The molecule has 1 aromatic heterocycles. The van der Waals surface area contributed by atoms with Crippen molar-refractivity contribution in [2.24, 2.45) is 0 Å². The molecule has 110 valence electrons. The Hall–Kier alpha value is -1.01. The Balaban J connectivity index is 2.44. The molecule has 1 aromatic carbocycles. The third-order valence-corrected chi connectivity index (χ3v) is 4.93. The number of halogens is 3. The molecule has 2 atom stereocenters. The Bertz CT molecular complexity index is 659. The summed E-state index contributed by atoms with van der Waals surface area (Å²) in [4.78, 5) is 4.20. The zero-order valence-electron chi connectivity index (χ0n) is 11.2. The smallest absolute Gasteiger partial charge is 0.184 e. The lowest BCUT2D eigenvalue weighted by molar-refractivity contribution is 0.508. The maximum Gasteiger partial charge on any atom is 0.184 e. The molecule has 20 heavy (non-hydrogen) atoms. The van der Waals surface area contributed by atoms with E-state index in [0.29, 0.717) is 24.3 Å². The average Bonchev–Trinajstić information content (AvgIpc) is 2.78. The molecule has 0 amide bonds. The van der Waals surface area contributed by atoms with E-state index in [2.05, 4.69) is 4.98 Å². The fourth-order valence-electron chi connectivity index (χ4n) is 2.02. The summed E-state index contributed by atoms with van der Waals surface area (Å²) in [5.74, 6) is -1.23. The minimum Gasteiger partial charge on any atom is -0.324 e. The van der Waals surface area contributed by atoms with E-state index < -0.39 is 22.4 Å². The molecule has 0 radical (unpaired) electrons. The van der Waals surface area contributed by atoms with E-state index in [4.69, 9.17) is 11.6 Å². The third-order valence-electron chi connectivity index (χ3n) is 3.32. The molecule has 0 N–H and O–H groups in total. The molecule has 0 aliphatic carbocycles. The highest BCUT2D eigenvalue weighted by molar-refractivity contribution is 7.84. The Kier molecular flexibility index (Phi) is 4.75. The van der Waals surface area contributed by atoms with Crippen LogP contribution in [0.15, 0.2) is 12.1 Å². The Labute approximate surface area is 123 Å². The van der Waals surface area contributed by atoms with Crippen LogP contribution < -0.4 is 0 Å². The van der Waals surface area contributed by atoms with Gasteiger partial charge in [0.25, 0.3) is 0 Å². The number of aromatic nitrogens is 2. The molecule has 0 aliphatic rings. The topological polar surface area (TPSA) is 34.9 Å². The average molecular weight is 321 g/mol. The lowest BCUT2D eigenvalue weighted by Crippen LogP contribution is -2.14. The second-order valence-electron chi connectivity index (χ2n) is 4.64. The zero-order valence-corrected chi connectivity index (χ0v) is 12.8. The van der Waals surface area contributed by atoms with Crippen LogP contribution in [0.3, 0.4) is 0 Å². The van der Waals surface area contributed by atoms with Crippen LogP contribution in [0.25, 0.3) is 11.0 Å². The Morgan fingerprint density at radius 1 is 1.45 bits per heavy atom. The summed E-state index contributed by atoms with van der Waals surface area (Å²) < 4.78 is 40.3. The summed E-state index contributed by atoms with van der Waals surface area (Å²) in [7, 11) is -0.958. The van der Waals surface area contributed by atoms with Gasteiger partial charge < -0.3 is 4.57 Å². The maximum absolute atomic E-state index is 14.0. The summed E-state index contributed by atoms with van der Waals surface area (Å²) in [6.07, 6.45) is 2.20. The molecule has 0 bridgehead atoms. The monoisotopic (exact) mass is 320 g/mol. The first-order valence-corrected chi connectivity index (χ1v) is 8.32. The number of hydrogen-bond acceptors (Lipinski definition) is 2. The minimum absolute atomic E-state index is 0.0350. The summed E-state index contributed by atoms with van der Waals surface area (Å²) in [5.41, 5.74) is 0.500. The standard InChI is InChI=1S/C13H15ClF2N2OS/c1-8(20(2)19)5-6-18-11(7-14)17-10-4-3-9(15)12(16)13(10)18/h3-4,8H,5-7H2,1-2H3. The summed E-state index contributed by atoms with van der Waals surface area (Å²) in [6.45, 7) is 2.26. The first-order valence-electron chi connectivity index (χ1n) is 6.17. The molecule has 0 spiro atoms. The molecule has 7 heteroatoms. The fraction of sp³-hybridized carbons (Fsp3) is 0.462. The second-order valence-corrected chi connectivity index (χ2v) is 6.71. The molecule has 0 saturated carbocycles. The minimum atomic E-state index is -0.958. The van der Waals surface area contributed by atoms with Crippen LogP contribution in [0.2, 0.25) is 0 Å². The first kappa shape index (κ1) is 15.4. The van der Waals surface area contributed by atoms with Crippen LogP contribution in [-0.2, 0) is 23.2 Å². The van der Waals surface area contributed by atoms with E-state index in [1.807, 2.05) is 6.92 Å². The SMILES string of the molecule is CC(CCn1c(CCl)nc2ccc(F)c(F)c21)S(C)=O. The first-order chi connectivity index (χ1) is 9.45. The highest BCUT2D eigenvalue weighted by Gasteiger charge is 2.18. The number of nitrogens with zero attached hydrogens (tertiary/aromatic N) is 2. The van der Waals surface area contributed by atoms with Crippen LogP contribution in [-0.4, -0.2) is 25.3 Å². The molecule has 1 heterocycles. The van der Waals surface area contributed by atoms with Crippen LogP contribution in [0.5, 0.6) is 0 Å². The van der Waals surface area contributed by atoms with Crippen molar-refractivity contribution in [2.75, 3.05) is 6.26 Å². The van der Waals surface area contributed by atoms with Crippen molar-refractivity contribution >= 4 is 33.4 Å². The number of rotatable bonds is 5. The number of fused-ring (bicyclic) bond motifs is 1. The van der Waals surface area contributed by atoms with E-state index in [0.717, 1.165) is 6.07 Å². The predicted octanol–water partition coefficient (Wildman–Crippen LogP) is 3.21. The van der Waals surface area contributed by atoms with Crippen molar-refractivity contribution in [2.45, 2.75) is 31.0 Å². The van der Waals surface area contributed by atoms with E-state index in [9.17, 15) is 13.0 Å². The molecule has 2 aromatic rings. The van der Waals surface area contributed by atoms with Gasteiger partial charge in [-0.25, -0.2) is 13.8 Å². The predicted molar refractivity (Wildman–Crippen MR) is 77.4 cm³/mol. The quantitative estimate of drug-likeness (QED) is 0.793. The van der Waals surface area contributed by atoms with Gasteiger partial charge in [-0.05, 0) is 18.6 Å². The van der Waals surface area contributed by atoms with Crippen LogP contribution >= 0.6 is 11.6 Å². The lowest BCUT2D eigenvalue weighted by Gasteiger charge is -2.11. The van der Waals surface area contributed by atoms with Gasteiger partial charge in [-0.15, -0.1) is 11.6 Å². The van der Waals surface area contributed by atoms with Gasteiger partial charge in [0.2, 0.25) is 0 Å². The van der Waals surface area contributed by atoms with E-state index in [-0.39, 0.29) is 16.6 Å². The highest BCUT2D eigenvalue weighted by Crippen LogP contribution is 2.23. The van der Waals surface area contributed by atoms with Crippen LogP contribution in [0, 0.1) is 11.6 Å². The van der Waals surface area contributed by atoms with Crippen molar-refractivity contribution < 1.29 is 13.0 Å². The summed E-state index contributed by atoms with van der Waals surface area (Å²) in [6, 6.07) is 2.48. The molecule has 3 nitrogen and oxygen atoms in total. The Morgan fingerprint density at radius 2 is 2.15 bits per heavy atom. The lowest BCUT2D eigenvalue weighted by atomic mass is 10.2. The van der Waals surface area contributed by atoms with Crippen molar-refractivity contribution in [3.8, 4) is 0 Å². The van der Waals surface area contributed by atoms with Crippen LogP contribution in [0.4, 0.5) is 8.78 Å². The number of alkyl halides is 1. The number of imidazole rings is 1. The van der Waals surface area contributed by atoms with Crippen molar-refractivity contribution in [1.82, 2.24) is 9.55 Å². The largest absolute Gasteiger partial charge is 0.324 e. The fourth-order valence-corrected chi connectivity index (χ4v) is 2.67. The van der Waals surface area contributed by atoms with Gasteiger partial charge in [0, 0.05) is 28.9 Å². The number of benzene rings is 1. The van der Waals surface area contributed by atoms with Gasteiger partial charge in [0.1, 0.15) is 11.3 Å². The number of aryl methyl sites for hydroxylation is 1. The summed E-state index contributed by atoms with van der Waals surface area (Å²) >= 11 is 5.81. The Morgan fingerprint density at radius 3 is 2.75 bits per heavy atom. The maximum atomic E-state index is 14.0. The van der Waals surface area contributed by atoms with Crippen molar-refractivity contribution in [3.63, 3.8) is 0 Å².